The Morgan fingerprint density at radius 2 is 1.53 bits per heavy atom. The Hall–Kier alpha value is -3.18. The van der Waals surface area contributed by atoms with Gasteiger partial charge in [0.25, 0.3) is 0 Å². The van der Waals surface area contributed by atoms with Crippen molar-refractivity contribution in [1.82, 2.24) is 14.8 Å². The minimum atomic E-state index is -0.0670. The zero-order valence-corrected chi connectivity index (χ0v) is 17.0. The molecule has 2 aromatic carbocycles. The quantitative estimate of drug-likeness (QED) is 0.617. The van der Waals surface area contributed by atoms with Crippen LogP contribution in [0.4, 0.5) is 0 Å². The van der Waals surface area contributed by atoms with Gasteiger partial charge in [0.05, 0.1) is 5.69 Å². The van der Waals surface area contributed by atoms with Crippen molar-refractivity contribution in [2.75, 3.05) is 13.1 Å². The summed E-state index contributed by atoms with van der Waals surface area (Å²) in [6, 6.07) is 23.4. The van der Waals surface area contributed by atoms with Gasteiger partial charge in [-0.05, 0) is 30.5 Å². The molecule has 1 amide bonds. The van der Waals surface area contributed by atoms with Crippen molar-refractivity contribution in [3.63, 3.8) is 0 Å². The van der Waals surface area contributed by atoms with Crippen LogP contribution in [-0.2, 0) is 17.9 Å². The maximum absolute atomic E-state index is 12.7. The van der Waals surface area contributed by atoms with Gasteiger partial charge < -0.3 is 9.88 Å². The number of ketones is 1. The standard InChI is InChI=1S/C25H27N3O2/c29-24(19-28-15-7-12-23(28)25(30)21-10-5-2-6-11-21)26-22-13-16-27(17-14-22)18-20-8-3-1-4-9-20/h1-12,15,22H,13-14,16-19H2,(H,26,29). The third kappa shape index (κ3) is 5.05. The zero-order chi connectivity index (χ0) is 20.8. The Bertz CT molecular complexity index is 974. The lowest BCUT2D eigenvalue weighted by Gasteiger charge is -2.32. The summed E-state index contributed by atoms with van der Waals surface area (Å²) < 4.78 is 1.73. The van der Waals surface area contributed by atoms with E-state index >= 15 is 0 Å². The van der Waals surface area contributed by atoms with Gasteiger partial charge in [0.2, 0.25) is 11.7 Å². The average Bonchev–Trinajstić information content (AvgIpc) is 3.24. The lowest BCUT2D eigenvalue weighted by atomic mass is 10.0. The van der Waals surface area contributed by atoms with Gasteiger partial charge in [-0.1, -0.05) is 60.7 Å². The SMILES string of the molecule is O=C(Cn1cccc1C(=O)c1ccccc1)NC1CCN(Cc2ccccc2)CC1. The number of hydrogen-bond donors (Lipinski definition) is 1. The second kappa shape index (κ2) is 9.55. The van der Waals surface area contributed by atoms with Crippen LogP contribution >= 0.6 is 0 Å². The topological polar surface area (TPSA) is 54.3 Å². The first-order valence-electron chi connectivity index (χ1n) is 10.5. The molecule has 5 nitrogen and oxygen atoms in total. The third-order valence-electron chi connectivity index (χ3n) is 5.61. The average molecular weight is 402 g/mol. The Balaban J connectivity index is 1.28. The highest BCUT2D eigenvalue weighted by Gasteiger charge is 2.21. The van der Waals surface area contributed by atoms with Crippen molar-refractivity contribution in [1.29, 1.82) is 0 Å². The fourth-order valence-corrected chi connectivity index (χ4v) is 4.00. The number of amides is 1. The van der Waals surface area contributed by atoms with Crippen LogP contribution in [0.3, 0.4) is 0 Å². The van der Waals surface area contributed by atoms with E-state index in [1.165, 1.54) is 5.56 Å². The molecule has 1 saturated heterocycles. The number of piperidine rings is 1. The molecular weight excluding hydrogens is 374 g/mol. The Morgan fingerprint density at radius 1 is 0.867 bits per heavy atom. The van der Waals surface area contributed by atoms with Crippen LogP contribution < -0.4 is 5.32 Å². The molecule has 5 heteroatoms. The van der Waals surface area contributed by atoms with E-state index in [1.807, 2.05) is 30.3 Å². The monoisotopic (exact) mass is 401 g/mol. The second-order valence-electron chi connectivity index (χ2n) is 7.82. The van der Waals surface area contributed by atoms with Gasteiger partial charge in [-0.3, -0.25) is 14.5 Å². The Morgan fingerprint density at radius 3 is 2.23 bits per heavy atom. The number of benzene rings is 2. The van der Waals surface area contributed by atoms with Gasteiger partial charge in [0.15, 0.2) is 0 Å². The number of likely N-dealkylation sites (tertiary alicyclic amines) is 1. The number of nitrogens with one attached hydrogen (secondary N) is 1. The smallest absolute Gasteiger partial charge is 0.240 e. The normalized spacial score (nSPS) is 15.1. The molecule has 0 saturated carbocycles. The fourth-order valence-electron chi connectivity index (χ4n) is 4.00. The molecular formula is C25H27N3O2. The van der Waals surface area contributed by atoms with Gasteiger partial charge in [0, 0.05) is 37.4 Å². The van der Waals surface area contributed by atoms with Crippen molar-refractivity contribution in [2.45, 2.75) is 32.0 Å². The van der Waals surface area contributed by atoms with E-state index in [0.717, 1.165) is 32.5 Å². The molecule has 1 fully saturated rings. The van der Waals surface area contributed by atoms with Crippen LogP contribution in [-0.4, -0.2) is 40.3 Å². The first-order chi connectivity index (χ1) is 14.7. The van der Waals surface area contributed by atoms with Crippen molar-refractivity contribution in [3.8, 4) is 0 Å². The first-order valence-corrected chi connectivity index (χ1v) is 10.5. The van der Waals surface area contributed by atoms with Crippen LogP contribution in [0, 0.1) is 0 Å². The summed E-state index contributed by atoms with van der Waals surface area (Å²) >= 11 is 0. The molecule has 4 rings (SSSR count). The highest BCUT2D eigenvalue weighted by Crippen LogP contribution is 2.15. The van der Waals surface area contributed by atoms with E-state index in [0.29, 0.717) is 11.3 Å². The number of rotatable bonds is 7. The fraction of sp³-hybridized carbons (Fsp3) is 0.280. The molecule has 0 bridgehead atoms. The number of hydrogen-bond acceptors (Lipinski definition) is 3. The minimum Gasteiger partial charge on any atom is -0.352 e. The summed E-state index contributed by atoms with van der Waals surface area (Å²) in [5.41, 5.74) is 2.49. The molecule has 0 radical (unpaired) electrons. The molecule has 0 atom stereocenters. The molecule has 1 aromatic heterocycles. The van der Waals surface area contributed by atoms with Crippen LogP contribution in [0.2, 0.25) is 0 Å². The Labute approximate surface area is 177 Å². The summed E-state index contributed by atoms with van der Waals surface area (Å²) in [7, 11) is 0. The molecule has 1 aliphatic heterocycles. The van der Waals surface area contributed by atoms with Crippen LogP contribution in [0.25, 0.3) is 0 Å². The third-order valence-corrected chi connectivity index (χ3v) is 5.61. The molecule has 154 valence electrons. The highest BCUT2D eigenvalue weighted by molar-refractivity contribution is 6.08. The lowest BCUT2D eigenvalue weighted by molar-refractivity contribution is -0.122. The van der Waals surface area contributed by atoms with Gasteiger partial charge in [-0.2, -0.15) is 0 Å². The number of carbonyl (C=O) groups excluding carboxylic acids is 2. The maximum atomic E-state index is 12.7. The van der Waals surface area contributed by atoms with E-state index in [-0.39, 0.29) is 24.3 Å². The number of aromatic nitrogens is 1. The van der Waals surface area contributed by atoms with Crippen LogP contribution in [0.1, 0.15) is 34.5 Å². The number of nitrogens with zero attached hydrogens (tertiary/aromatic N) is 2. The van der Waals surface area contributed by atoms with Crippen molar-refractivity contribution in [2.24, 2.45) is 0 Å². The van der Waals surface area contributed by atoms with Crippen LogP contribution in [0.5, 0.6) is 0 Å². The van der Waals surface area contributed by atoms with Gasteiger partial charge in [-0.25, -0.2) is 0 Å². The molecule has 0 aliphatic carbocycles. The summed E-state index contributed by atoms with van der Waals surface area (Å²) in [6.07, 6.45) is 3.68. The van der Waals surface area contributed by atoms with E-state index in [4.69, 9.17) is 0 Å². The predicted molar refractivity (Wildman–Crippen MR) is 117 cm³/mol. The molecule has 30 heavy (non-hydrogen) atoms. The Kier molecular flexibility index (Phi) is 6.40. The highest BCUT2D eigenvalue weighted by atomic mass is 16.2. The summed E-state index contributed by atoms with van der Waals surface area (Å²) in [5.74, 6) is -0.113. The van der Waals surface area contributed by atoms with Crippen molar-refractivity contribution >= 4 is 11.7 Å². The van der Waals surface area contributed by atoms with Crippen molar-refractivity contribution in [3.05, 3.63) is 95.8 Å². The molecule has 1 N–H and O–H groups in total. The maximum Gasteiger partial charge on any atom is 0.240 e. The van der Waals surface area contributed by atoms with Gasteiger partial charge in [0.1, 0.15) is 6.54 Å². The van der Waals surface area contributed by atoms with E-state index in [1.54, 1.807) is 29.0 Å². The lowest BCUT2D eigenvalue weighted by Crippen LogP contribution is -2.45. The van der Waals surface area contributed by atoms with E-state index < -0.39 is 0 Å². The van der Waals surface area contributed by atoms with Gasteiger partial charge in [-0.15, -0.1) is 0 Å². The molecule has 0 spiro atoms. The van der Waals surface area contributed by atoms with E-state index in [9.17, 15) is 9.59 Å². The minimum absolute atomic E-state index is 0.0465. The summed E-state index contributed by atoms with van der Waals surface area (Å²) in [5, 5.41) is 3.15. The summed E-state index contributed by atoms with van der Waals surface area (Å²) in [4.78, 5) is 27.8. The number of carbonyl (C=O) groups is 2. The second-order valence-corrected chi connectivity index (χ2v) is 7.82. The molecule has 2 heterocycles. The van der Waals surface area contributed by atoms with E-state index in [2.05, 4.69) is 34.5 Å². The van der Waals surface area contributed by atoms with Crippen molar-refractivity contribution < 1.29 is 9.59 Å². The van der Waals surface area contributed by atoms with Gasteiger partial charge >= 0.3 is 0 Å². The zero-order valence-electron chi connectivity index (χ0n) is 17.0. The first kappa shape index (κ1) is 20.1. The molecule has 1 aliphatic rings. The summed E-state index contributed by atoms with van der Waals surface area (Å²) in [6.45, 7) is 3.06. The molecule has 3 aromatic rings. The predicted octanol–water partition coefficient (Wildman–Crippen LogP) is 3.50. The largest absolute Gasteiger partial charge is 0.352 e. The molecule has 0 unspecified atom stereocenters. The van der Waals surface area contributed by atoms with Crippen LogP contribution in [0.15, 0.2) is 79.0 Å².